The highest BCUT2D eigenvalue weighted by atomic mass is 127. The molecule has 0 aliphatic carbocycles. The predicted octanol–water partition coefficient (Wildman–Crippen LogP) is 2.35. The van der Waals surface area contributed by atoms with Crippen molar-refractivity contribution in [1.29, 1.82) is 0 Å². The fraction of sp³-hybridized carbons (Fsp3) is 0.385. The fourth-order valence-corrected chi connectivity index (χ4v) is 3.10. The van der Waals surface area contributed by atoms with Crippen molar-refractivity contribution in [3.63, 3.8) is 0 Å². The zero-order chi connectivity index (χ0) is 14.7. The summed E-state index contributed by atoms with van der Waals surface area (Å²) < 4.78 is 8.07. The van der Waals surface area contributed by atoms with Crippen molar-refractivity contribution in [2.45, 2.75) is 6.54 Å². The van der Waals surface area contributed by atoms with Crippen molar-refractivity contribution < 1.29 is 9.53 Å². The maximum absolute atomic E-state index is 12.6. The Bertz CT molecular complexity index is 607. The topological polar surface area (TPSA) is 47.4 Å². The average Bonchev–Trinajstić information content (AvgIpc) is 3.01. The number of aromatic nitrogens is 2. The predicted molar refractivity (Wildman–Crippen MR) is 87.8 cm³/mol. The van der Waals surface area contributed by atoms with E-state index in [2.05, 4.69) is 32.6 Å². The smallest absolute Gasteiger partial charge is 0.215 e. The SMILES string of the molecule is COc1cnn(CCN(C)C)c1C(=O)c1csc(I)c1. The highest BCUT2D eigenvalue weighted by Crippen LogP contribution is 2.24. The number of rotatable bonds is 6. The van der Waals surface area contributed by atoms with Gasteiger partial charge in [-0.1, -0.05) is 0 Å². The zero-order valence-electron chi connectivity index (χ0n) is 11.6. The molecule has 5 nitrogen and oxygen atoms in total. The molecule has 0 amide bonds. The third-order valence-electron chi connectivity index (χ3n) is 2.83. The first-order valence-electron chi connectivity index (χ1n) is 6.06. The molecule has 7 heteroatoms. The lowest BCUT2D eigenvalue weighted by atomic mass is 10.1. The van der Waals surface area contributed by atoms with Gasteiger partial charge in [-0.3, -0.25) is 9.48 Å². The number of hydrogen-bond donors (Lipinski definition) is 0. The van der Waals surface area contributed by atoms with Gasteiger partial charge < -0.3 is 9.64 Å². The minimum Gasteiger partial charge on any atom is -0.493 e. The highest BCUT2D eigenvalue weighted by Gasteiger charge is 2.21. The Kier molecular flexibility index (Phi) is 5.17. The van der Waals surface area contributed by atoms with Crippen molar-refractivity contribution in [1.82, 2.24) is 14.7 Å². The van der Waals surface area contributed by atoms with Gasteiger partial charge in [-0.25, -0.2) is 0 Å². The van der Waals surface area contributed by atoms with E-state index >= 15 is 0 Å². The van der Waals surface area contributed by atoms with E-state index in [-0.39, 0.29) is 5.78 Å². The second kappa shape index (κ2) is 6.68. The number of hydrogen-bond acceptors (Lipinski definition) is 5. The van der Waals surface area contributed by atoms with Gasteiger partial charge in [0, 0.05) is 17.5 Å². The molecule has 20 heavy (non-hydrogen) atoms. The molecule has 0 aliphatic rings. The molecule has 0 unspecified atom stereocenters. The summed E-state index contributed by atoms with van der Waals surface area (Å²) in [6.07, 6.45) is 1.60. The van der Waals surface area contributed by atoms with E-state index in [1.54, 1.807) is 29.3 Å². The standard InChI is InChI=1S/C13H16IN3O2S/c1-16(2)4-5-17-12(10(19-3)7-15-17)13(18)9-6-11(14)20-8-9/h6-8H,4-5H2,1-3H3. The van der Waals surface area contributed by atoms with E-state index in [1.165, 1.54) is 0 Å². The van der Waals surface area contributed by atoms with Crippen molar-refractivity contribution in [2.75, 3.05) is 27.7 Å². The molecule has 0 bridgehead atoms. The van der Waals surface area contributed by atoms with E-state index in [9.17, 15) is 4.79 Å². The van der Waals surface area contributed by atoms with Gasteiger partial charge in [0.1, 0.15) is 0 Å². The number of nitrogens with zero attached hydrogens (tertiary/aromatic N) is 3. The maximum atomic E-state index is 12.6. The van der Waals surface area contributed by atoms with Crippen LogP contribution in [0.15, 0.2) is 17.6 Å². The summed E-state index contributed by atoms with van der Waals surface area (Å²) in [6.45, 7) is 1.46. The molecule has 2 aromatic heterocycles. The molecule has 0 saturated carbocycles. The van der Waals surface area contributed by atoms with Gasteiger partial charge in [0.05, 0.1) is 22.7 Å². The molecule has 0 aliphatic heterocycles. The Hall–Kier alpha value is -0.930. The molecule has 0 saturated heterocycles. The van der Waals surface area contributed by atoms with Crippen LogP contribution in [0.5, 0.6) is 5.75 Å². The lowest BCUT2D eigenvalue weighted by Crippen LogP contribution is -2.21. The monoisotopic (exact) mass is 405 g/mol. The largest absolute Gasteiger partial charge is 0.493 e. The molecule has 2 heterocycles. The molecule has 2 aromatic rings. The molecule has 0 spiro atoms. The van der Waals surface area contributed by atoms with Crippen LogP contribution in [0.4, 0.5) is 0 Å². The lowest BCUT2D eigenvalue weighted by Gasteiger charge is -2.11. The van der Waals surface area contributed by atoms with Crippen molar-refractivity contribution in [2.24, 2.45) is 0 Å². The number of likely N-dealkylation sites (N-methyl/N-ethyl adjacent to an activating group) is 1. The zero-order valence-corrected chi connectivity index (χ0v) is 14.6. The van der Waals surface area contributed by atoms with Crippen LogP contribution >= 0.6 is 33.9 Å². The number of ketones is 1. The molecule has 0 N–H and O–H groups in total. The number of carbonyl (C=O) groups is 1. The lowest BCUT2D eigenvalue weighted by molar-refractivity contribution is 0.102. The second-order valence-electron chi connectivity index (χ2n) is 4.56. The van der Waals surface area contributed by atoms with Crippen molar-refractivity contribution in [3.8, 4) is 5.75 Å². The molecule has 108 valence electrons. The Morgan fingerprint density at radius 2 is 2.30 bits per heavy atom. The summed E-state index contributed by atoms with van der Waals surface area (Å²) in [7, 11) is 5.54. The summed E-state index contributed by atoms with van der Waals surface area (Å²) in [5.74, 6) is 0.479. The van der Waals surface area contributed by atoms with Crippen LogP contribution in [0, 0.1) is 2.88 Å². The second-order valence-corrected chi connectivity index (χ2v) is 7.36. The van der Waals surface area contributed by atoms with Gasteiger partial charge in [-0.05, 0) is 42.8 Å². The van der Waals surface area contributed by atoms with Gasteiger partial charge in [0.25, 0.3) is 0 Å². The molecule has 0 fully saturated rings. The Morgan fingerprint density at radius 1 is 1.55 bits per heavy atom. The van der Waals surface area contributed by atoms with E-state index < -0.39 is 0 Å². The van der Waals surface area contributed by atoms with Crippen LogP contribution in [-0.4, -0.2) is 48.2 Å². The number of carbonyl (C=O) groups excluding carboxylic acids is 1. The van der Waals surface area contributed by atoms with Crippen LogP contribution in [0.3, 0.4) is 0 Å². The summed E-state index contributed by atoms with van der Waals surface area (Å²) in [5, 5.41) is 6.13. The summed E-state index contributed by atoms with van der Waals surface area (Å²) in [4.78, 5) is 14.7. The first kappa shape index (κ1) is 15.5. The third kappa shape index (κ3) is 3.39. The van der Waals surface area contributed by atoms with Crippen molar-refractivity contribution >= 4 is 39.7 Å². The van der Waals surface area contributed by atoms with Crippen LogP contribution in [0.2, 0.25) is 0 Å². The molecule has 0 aromatic carbocycles. The van der Waals surface area contributed by atoms with E-state index in [1.807, 2.05) is 25.5 Å². The summed E-state index contributed by atoms with van der Waals surface area (Å²) in [6, 6.07) is 1.89. The van der Waals surface area contributed by atoms with Gasteiger partial charge in [0.2, 0.25) is 5.78 Å². The van der Waals surface area contributed by atoms with E-state index in [4.69, 9.17) is 4.74 Å². The van der Waals surface area contributed by atoms with Crippen LogP contribution in [0.1, 0.15) is 16.1 Å². The van der Waals surface area contributed by atoms with Crippen LogP contribution < -0.4 is 4.74 Å². The molecular weight excluding hydrogens is 389 g/mol. The fourth-order valence-electron chi connectivity index (χ4n) is 1.78. The number of halogens is 1. The van der Waals surface area contributed by atoms with Gasteiger partial charge in [0.15, 0.2) is 11.4 Å². The Balaban J connectivity index is 2.33. The minimum absolute atomic E-state index is 0.0442. The summed E-state index contributed by atoms with van der Waals surface area (Å²) in [5.41, 5.74) is 1.20. The maximum Gasteiger partial charge on any atom is 0.215 e. The van der Waals surface area contributed by atoms with Crippen LogP contribution in [0.25, 0.3) is 0 Å². The van der Waals surface area contributed by atoms with Crippen LogP contribution in [-0.2, 0) is 6.54 Å². The quantitative estimate of drug-likeness (QED) is 0.547. The molecular formula is C13H16IN3O2S. The minimum atomic E-state index is -0.0442. The number of methoxy groups -OCH3 is 1. The first-order chi connectivity index (χ1) is 9.52. The molecule has 0 radical (unpaired) electrons. The highest BCUT2D eigenvalue weighted by molar-refractivity contribution is 14.1. The number of ether oxygens (including phenoxy) is 1. The third-order valence-corrected chi connectivity index (χ3v) is 4.62. The molecule has 0 atom stereocenters. The number of thiophene rings is 1. The van der Waals surface area contributed by atoms with Crippen molar-refractivity contribution in [3.05, 3.63) is 31.8 Å². The molecule has 2 rings (SSSR count). The van der Waals surface area contributed by atoms with E-state index in [0.29, 0.717) is 23.6 Å². The Labute approximate surface area is 135 Å². The summed E-state index contributed by atoms with van der Waals surface area (Å²) >= 11 is 3.76. The normalized spacial score (nSPS) is 11.1. The Morgan fingerprint density at radius 3 is 2.85 bits per heavy atom. The first-order valence-corrected chi connectivity index (χ1v) is 8.02. The van der Waals surface area contributed by atoms with Gasteiger partial charge in [-0.15, -0.1) is 11.3 Å². The van der Waals surface area contributed by atoms with Gasteiger partial charge in [-0.2, -0.15) is 5.10 Å². The van der Waals surface area contributed by atoms with Gasteiger partial charge >= 0.3 is 0 Å². The average molecular weight is 405 g/mol. The van der Waals surface area contributed by atoms with E-state index in [0.717, 1.165) is 9.43 Å².